The van der Waals surface area contributed by atoms with Crippen molar-refractivity contribution in [2.24, 2.45) is 11.1 Å². The van der Waals surface area contributed by atoms with E-state index < -0.39 is 40.0 Å². The highest BCUT2D eigenvalue weighted by Gasteiger charge is 2.57. The molecule has 2 aromatic rings. The Morgan fingerprint density at radius 1 is 1.50 bits per heavy atom. The number of nitrogens with two attached hydrogens (primary N) is 1. The SMILES string of the molecule is C[C@@H](O)[C@H]1C(=O)N2C(C(=O)O)=C(c3cn4cnc(S(N)(=O)=O)c4s3)C[C@H]12. The lowest BCUT2D eigenvalue weighted by Crippen LogP contribution is -2.61. The topological polar surface area (TPSA) is 155 Å². The summed E-state index contributed by atoms with van der Waals surface area (Å²) < 4.78 is 24.7. The van der Waals surface area contributed by atoms with Crippen LogP contribution in [0.2, 0.25) is 0 Å². The summed E-state index contributed by atoms with van der Waals surface area (Å²) in [4.78, 5) is 29.7. The Balaban J connectivity index is 1.83. The van der Waals surface area contributed by atoms with Gasteiger partial charge in [0, 0.05) is 11.8 Å². The Hall–Kier alpha value is -2.28. The number of aliphatic hydroxyl groups excluding tert-OH is 1. The summed E-state index contributed by atoms with van der Waals surface area (Å²) in [5, 5.41) is 24.2. The fourth-order valence-corrected chi connectivity index (χ4v) is 5.64. The average Bonchev–Trinajstić information content (AvgIpc) is 3.14. The normalized spacial score (nSPS) is 24.1. The van der Waals surface area contributed by atoms with Crippen LogP contribution < -0.4 is 5.14 Å². The lowest BCUT2D eigenvalue weighted by molar-refractivity contribution is -0.161. The van der Waals surface area contributed by atoms with Gasteiger partial charge in [-0.3, -0.25) is 9.20 Å². The van der Waals surface area contributed by atoms with Crippen molar-refractivity contribution in [1.82, 2.24) is 14.3 Å². The molecule has 4 heterocycles. The smallest absolute Gasteiger partial charge is 0.352 e. The number of carboxylic acid groups (broad SMARTS) is 1. The van der Waals surface area contributed by atoms with E-state index in [2.05, 4.69) is 4.98 Å². The number of carboxylic acids is 1. The summed E-state index contributed by atoms with van der Waals surface area (Å²) in [6.45, 7) is 1.50. The summed E-state index contributed by atoms with van der Waals surface area (Å²) in [6.07, 6.45) is 2.23. The van der Waals surface area contributed by atoms with Crippen LogP contribution in [0.4, 0.5) is 0 Å². The van der Waals surface area contributed by atoms with Gasteiger partial charge in [-0.2, -0.15) is 0 Å². The van der Waals surface area contributed by atoms with Gasteiger partial charge in [-0.05, 0) is 13.3 Å². The van der Waals surface area contributed by atoms with Crippen LogP contribution in [0.3, 0.4) is 0 Å². The molecule has 12 heteroatoms. The van der Waals surface area contributed by atoms with Crippen LogP contribution >= 0.6 is 11.3 Å². The largest absolute Gasteiger partial charge is 0.477 e. The van der Waals surface area contributed by atoms with Gasteiger partial charge in [-0.1, -0.05) is 0 Å². The molecule has 0 aliphatic carbocycles. The number of β-lactam (4-membered cyclic amide) rings is 1. The lowest BCUT2D eigenvalue weighted by Gasteiger charge is -2.44. The minimum Gasteiger partial charge on any atom is -0.477 e. The molecular weight excluding hydrogens is 384 g/mol. The molecule has 138 valence electrons. The number of fused-ring (bicyclic) bond motifs is 2. The Morgan fingerprint density at radius 3 is 2.77 bits per heavy atom. The van der Waals surface area contributed by atoms with Crippen molar-refractivity contribution in [2.75, 3.05) is 0 Å². The van der Waals surface area contributed by atoms with E-state index in [1.165, 1.54) is 22.6 Å². The molecule has 0 spiro atoms. The third kappa shape index (κ3) is 2.23. The van der Waals surface area contributed by atoms with E-state index in [1.54, 1.807) is 6.20 Å². The maximum absolute atomic E-state index is 12.2. The molecule has 0 saturated carbocycles. The number of nitrogens with zero attached hydrogens (tertiary/aromatic N) is 3. The molecule has 4 N–H and O–H groups in total. The van der Waals surface area contributed by atoms with Crippen molar-refractivity contribution in [1.29, 1.82) is 0 Å². The number of carbonyl (C=O) groups is 2. The van der Waals surface area contributed by atoms with Crippen molar-refractivity contribution >= 4 is 43.6 Å². The number of primary sulfonamides is 1. The molecule has 10 nitrogen and oxygen atoms in total. The molecule has 2 aliphatic rings. The number of aliphatic carboxylic acids is 1. The van der Waals surface area contributed by atoms with Gasteiger partial charge < -0.3 is 15.1 Å². The van der Waals surface area contributed by atoms with E-state index in [1.807, 2.05) is 0 Å². The van der Waals surface area contributed by atoms with Crippen molar-refractivity contribution in [3.05, 3.63) is 23.1 Å². The molecule has 0 unspecified atom stereocenters. The first kappa shape index (κ1) is 17.1. The van der Waals surface area contributed by atoms with Gasteiger partial charge in [0.15, 0.2) is 0 Å². The van der Waals surface area contributed by atoms with E-state index in [-0.39, 0.29) is 22.0 Å². The van der Waals surface area contributed by atoms with E-state index in [0.29, 0.717) is 10.5 Å². The van der Waals surface area contributed by atoms with Gasteiger partial charge in [0.2, 0.25) is 10.9 Å². The van der Waals surface area contributed by atoms with Crippen molar-refractivity contribution in [2.45, 2.75) is 30.5 Å². The molecule has 1 saturated heterocycles. The van der Waals surface area contributed by atoms with E-state index in [9.17, 15) is 28.2 Å². The lowest BCUT2D eigenvalue weighted by atomic mass is 9.83. The van der Waals surface area contributed by atoms with Crippen LogP contribution in [0.5, 0.6) is 0 Å². The quantitative estimate of drug-likeness (QED) is 0.584. The van der Waals surface area contributed by atoms with Crippen LogP contribution in [-0.4, -0.2) is 56.9 Å². The highest BCUT2D eigenvalue weighted by Crippen LogP contribution is 2.48. The predicted molar refractivity (Wildman–Crippen MR) is 89.4 cm³/mol. The third-order valence-electron chi connectivity index (χ3n) is 4.68. The van der Waals surface area contributed by atoms with Gasteiger partial charge in [0.1, 0.15) is 16.9 Å². The molecule has 2 aromatic heterocycles. The first-order valence-electron chi connectivity index (χ1n) is 7.58. The van der Waals surface area contributed by atoms with Gasteiger partial charge in [0.25, 0.3) is 10.0 Å². The zero-order valence-corrected chi connectivity index (χ0v) is 15.0. The summed E-state index contributed by atoms with van der Waals surface area (Å²) in [6, 6.07) is -0.416. The number of carbonyl (C=O) groups excluding carboxylic acids is 1. The molecule has 0 aromatic carbocycles. The van der Waals surface area contributed by atoms with Crippen LogP contribution in [0.1, 0.15) is 18.2 Å². The molecule has 3 atom stereocenters. The average molecular weight is 398 g/mol. The molecule has 4 rings (SSSR count). The first-order chi connectivity index (χ1) is 12.1. The third-order valence-corrected chi connectivity index (χ3v) is 6.81. The second-order valence-corrected chi connectivity index (χ2v) is 8.79. The summed E-state index contributed by atoms with van der Waals surface area (Å²) in [7, 11) is -4.02. The second kappa shape index (κ2) is 5.36. The minimum absolute atomic E-state index is 0.133. The first-order valence-corrected chi connectivity index (χ1v) is 9.94. The van der Waals surface area contributed by atoms with E-state index >= 15 is 0 Å². The molecule has 1 fully saturated rings. The predicted octanol–water partition coefficient (Wildman–Crippen LogP) is -0.550. The van der Waals surface area contributed by atoms with Gasteiger partial charge in [-0.15, -0.1) is 11.3 Å². The van der Waals surface area contributed by atoms with E-state index in [0.717, 1.165) is 11.3 Å². The molecule has 1 amide bonds. The summed E-state index contributed by atoms with van der Waals surface area (Å²) in [5.74, 6) is -2.32. The molecule has 26 heavy (non-hydrogen) atoms. The number of hydrogen-bond donors (Lipinski definition) is 3. The Bertz CT molecular complexity index is 1100. The number of sulfonamides is 1. The number of aliphatic hydroxyl groups is 1. The number of hydrogen-bond acceptors (Lipinski definition) is 7. The fraction of sp³-hybridized carbons (Fsp3) is 0.357. The number of rotatable bonds is 4. The summed E-state index contributed by atoms with van der Waals surface area (Å²) in [5.41, 5.74) is 0.291. The number of thiazole rings is 1. The van der Waals surface area contributed by atoms with Crippen molar-refractivity contribution in [3.63, 3.8) is 0 Å². The zero-order chi connectivity index (χ0) is 19.0. The Kier molecular flexibility index (Phi) is 3.54. The highest BCUT2D eigenvalue weighted by molar-refractivity contribution is 7.89. The summed E-state index contributed by atoms with van der Waals surface area (Å²) >= 11 is 1.04. The van der Waals surface area contributed by atoms with Crippen LogP contribution in [0.25, 0.3) is 10.4 Å². The zero-order valence-electron chi connectivity index (χ0n) is 13.4. The molecule has 0 bridgehead atoms. The maximum Gasteiger partial charge on any atom is 0.352 e. The van der Waals surface area contributed by atoms with Crippen LogP contribution in [0.15, 0.2) is 23.2 Å². The van der Waals surface area contributed by atoms with Gasteiger partial charge >= 0.3 is 5.97 Å². The standard InChI is InChI=1S/C14H14N4O6S2/c1-5(19)9-7-2-6(10(14(21)22)18(7)12(9)20)8-3-17-4-16-11(13(17)25-8)26(15,23)24/h3-5,7,9,19H,2H2,1H3,(H,21,22)(H2,15,23,24)/t5-,7-,9-/m1/s1. The number of imidazole rings is 1. The van der Waals surface area contributed by atoms with Gasteiger partial charge in [0.05, 0.1) is 22.9 Å². The van der Waals surface area contributed by atoms with E-state index in [4.69, 9.17) is 5.14 Å². The Labute approximate surface area is 151 Å². The van der Waals surface area contributed by atoms with Crippen LogP contribution in [0, 0.1) is 5.92 Å². The van der Waals surface area contributed by atoms with Crippen molar-refractivity contribution < 1.29 is 28.2 Å². The monoisotopic (exact) mass is 398 g/mol. The molecular formula is C14H14N4O6S2. The highest BCUT2D eigenvalue weighted by atomic mass is 32.2. The fourth-order valence-electron chi connectivity index (χ4n) is 3.60. The van der Waals surface area contributed by atoms with Gasteiger partial charge in [-0.25, -0.2) is 23.3 Å². The second-order valence-electron chi connectivity index (χ2n) is 6.28. The van der Waals surface area contributed by atoms with Crippen LogP contribution in [-0.2, 0) is 19.6 Å². The minimum atomic E-state index is -4.02. The maximum atomic E-state index is 12.2. The number of aromatic nitrogens is 2. The number of amides is 1. The Morgan fingerprint density at radius 2 is 2.19 bits per heavy atom. The molecule has 0 radical (unpaired) electrons. The van der Waals surface area contributed by atoms with Crippen molar-refractivity contribution in [3.8, 4) is 0 Å². The molecule has 2 aliphatic heterocycles.